The molecule has 0 aliphatic carbocycles. The van der Waals surface area contributed by atoms with Crippen LogP contribution in [0.25, 0.3) is 0 Å². The lowest BCUT2D eigenvalue weighted by Gasteiger charge is -2.13. The van der Waals surface area contributed by atoms with Gasteiger partial charge in [-0.1, -0.05) is 38.1 Å². The summed E-state index contributed by atoms with van der Waals surface area (Å²) in [6, 6.07) is 8.42. The Balaban J connectivity index is 3.10. The largest absolute Gasteiger partial charge is 0.224 e. The van der Waals surface area contributed by atoms with Crippen LogP contribution in [0.3, 0.4) is 0 Å². The van der Waals surface area contributed by atoms with Gasteiger partial charge in [0.15, 0.2) is 0 Å². The third kappa shape index (κ3) is 3.94. The van der Waals surface area contributed by atoms with Gasteiger partial charge in [-0.25, -0.2) is 9.98 Å². The van der Waals surface area contributed by atoms with Gasteiger partial charge in [0, 0.05) is 0 Å². The number of rotatable bonds is 6. The van der Waals surface area contributed by atoms with E-state index in [1.54, 1.807) is 0 Å². The second-order valence-electron chi connectivity index (χ2n) is 3.96. The first-order chi connectivity index (χ1) is 8.76. The van der Waals surface area contributed by atoms with Crippen LogP contribution in [0.4, 0.5) is 0 Å². The Hall–Kier alpha value is -1.18. The maximum absolute atomic E-state index is 4.68. The van der Waals surface area contributed by atoms with Crippen LogP contribution in [0.5, 0.6) is 0 Å². The summed E-state index contributed by atoms with van der Waals surface area (Å²) in [5.41, 5.74) is 2.29. The average molecular weight is 276 g/mol. The lowest BCUT2D eigenvalue weighted by atomic mass is 9.98. The van der Waals surface area contributed by atoms with E-state index in [0.717, 1.165) is 24.0 Å². The molecule has 0 amide bonds. The third-order valence-corrected chi connectivity index (χ3v) is 3.08. The molecule has 0 fully saturated rings. The molecule has 1 aromatic carbocycles. The molecule has 94 valence electrons. The number of benzene rings is 1. The zero-order valence-corrected chi connectivity index (χ0v) is 12.2. The topological polar surface area (TPSA) is 24.7 Å². The van der Waals surface area contributed by atoms with Gasteiger partial charge in [0.25, 0.3) is 0 Å². The molecule has 0 heterocycles. The number of thiocarbonyl (C=S) groups is 2. The fraction of sp³-hybridized carbons (Fsp3) is 0.429. The van der Waals surface area contributed by atoms with Crippen LogP contribution in [0.1, 0.15) is 49.9 Å². The standard InChI is InChI=1S/C14H16N2S2/c1-3-13(15-9-17)11-6-5-7-12(8-11)14(4-2)16-10-18/h5-8,13-14H,3-4H2,1-2H3. The van der Waals surface area contributed by atoms with Gasteiger partial charge in [0.2, 0.25) is 0 Å². The normalized spacial score (nSPS) is 13.0. The van der Waals surface area contributed by atoms with E-state index in [2.05, 4.69) is 76.8 Å². The van der Waals surface area contributed by atoms with Crippen molar-refractivity contribution < 1.29 is 0 Å². The first-order valence-corrected chi connectivity index (χ1v) is 6.82. The van der Waals surface area contributed by atoms with Crippen LogP contribution in [-0.2, 0) is 0 Å². The van der Waals surface area contributed by atoms with Crippen LogP contribution in [0.2, 0.25) is 0 Å². The van der Waals surface area contributed by atoms with Gasteiger partial charge in [0.1, 0.15) is 0 Å². The molecule has 0 radical (unpaired) electrons. The van der Waals surface area contributed by atoms with Crippen LogP contribution in [-0.4, -0.2) is 10.3 Å². The Kier molecular flexibility index (Phi) is 6.63. The Bertz CT molecular complexity index is 445. The summed E-state index contributed by atoms with van der Waals surface area (Å²) in [6.07, 6.45) is 1.81. The van der Waals surface area contributed by atoms with Crippen molar-refractivity contribution >= 4 is 34.8 Å². The van der Waals surface area contributed by atoms with Crippen LogP contribution < -0.4 is 0 Å². The van der Waals surface area contributed by atoms with E-state index in [-0.39, 0.29) is 12.1 Å². The van der Waals surface area contributed by atoms with Crippen molar-refractivity contribution in [2.45, 2.75) is 38.8 Å². The summed E-state index contributed by atoms with van der Waals surface area (Å²) in [7, 11) is 0. The highest BCUT2D eigenvalue weighted by molar-refractivity contribution is 7.78. The molecule has 2 nitrogen and oxygen atoms in total. The molecule has 0 spiro atoms. The van der Waals surface area contributed by atoms with Gasteiger partial charge in [0.05, 0.1) is 22.4 Å². The van der Waals surface area contributed by atoms with E-state index in [9.17, 15) is 0 Å². The van der Waals surface area contributed by atoms with E-state index < -0.39 is 0 Å². The predicted octanol–water partition coefficient (Wildman–Crippen LogP) is 4.79. The number of aliphatic imine (C=N–C) groups is 2. The Morgan fingerprint density at radius 3 is 1.78 bits per heavy atom. The van der Waals surface area contributed by atoms with Gasteiger partial charge in [-0.2, -0.15) is 0 Å². The van der Waals surface area contributed by atoms with E-state index in [1.807, 2.05) is 6.07 Å². The lowest BCUT2D eigenvalue weighted by molar-refractivity contribution is 0.685. The molecule has 0 aliphatic heterocycles. The fourth-order valence-electron chi connectivity index (χ4n) is 1.90. The van der Waals surface area contributed by atoms with Crippen molar-refractivity contribution in [1.82, 2.24) is 0 Å². The van der Waals surface area contributed by atoms with Crippen molar-refractivity contribution in [3.63, 3.8) is 0 Å². The highest BCUT2D eigenvalue weighted by atomic mass is 32.1. The monoisotopic (exact) mass is 276 g/mol. The maximum Gasteiger partial charge on any atom is 0.0849 e. The second-order valence-corrected chi connectivity index (χ2v) is 4.32. The van der Waals surface area contributed by atoms with E-state index in [4.69, 9.17) is 0 Å². The Morgan fingerprint density at radius 2 is 1.44 bits per heavy atom. The summed E-state index contributed by atoms with van der Waals surface area (Å²) in [5.74, 6) is 0. The summed E-state index contributed by atoms with van der Waals surface area (Å²) >= 11 is 9.37. The summed E-state index contributed by atoms with van der Waals surface area (Å²) in [4.78, 5) is 8.37. The minimum absolute atomic E-state index is 0.0800. The quantitative estimate of drug-likeness (QED) is 0.551. The lowest BCUT2D eigenvalue weighted by Crippen LogP contribution is -1.98. The molecule has 0 aromatic heterocycles. The first kappa shape index (κ1) is 14.9. The molecular weight excluding hydrogens is 260 g/mol. The van der Waals surface area contributed by atoms with Crippen LogP contribution >= 0.6 is 24.4 Å². The summed E-state index contributed by atoms with van der Waals surface area (Å²) < 4.78 is 0. The predicted molar refractivity (Wildman–Crippen MR) is 82.6 cm³/mol. The van der Waals surface area contributed by atoms with Crippen molar-refractivity contribution in [3.05, 3.63) is 35.4 Å². The molecular formula is C14H16N2S2. The van der Waals surface area contributed by atoms with Gasteiger partial charge in [-0.05, 0) is 48.4 Å². The molecule has 1 rings (SSSR count). The van der Waals surface area contributed by atoms with E-state index in [0.29, 0.717) is 0 Å². The summed E-state index contributed by atoms with van der Waals surface area (Å²) in [6.45, 7) is 4.17. The third-order valence-electron chi connectivity index (χ3n) is 2.87. The fourth-order valence-corrected chi connectivity index (χ4v) is 2.16. The zero-order valence-electron chi connectivity index (χ0n) is 10.6. The van der Waals surface area contributed by atoms with Crippen molar-refractivity contribution in [2.24, 2.45) is 9.98 Å². The number of hydrogen-bond donors (Lipinski definition) is 0. The highest BCUT2D eigenvalue weighted by Crippen LogP contribution is 2.26. The number of hydrogen-bond acceptors (Lipinski definition) is 4. The van der Waals surface area contributed by atoms with Crippen LogP contribution in [0.15, 0.2) is 34.3 Å². The molecule has 0 aliphatic rings. The van der Waals surface area contributed by atoms with E-state index in [1.165, 1.54) is 0 Å². The molecule has 4 heteroatoms. The van der Waals surface area contributed by atoms with Crippen molar-refractivity contribution in [3.8, 4) is 0 Å². The molecule has 18 heavy (non-hydrogen) atoms. The average Bonchev–Trinajstić information content (AvgIpc) is 2.42. The van der Waals surface area contributed by atoms with E-state index >= 15 is 0 Å². The van der Waals surface area contributed by atoms with Gasteiger partial charge >= 0.3 is 0 Å². The minimum atomic E-state index is 0.0800. The van der Waals surface area contributed by atoms with Crippen LogP contribution in [0, 0.1) is 0 Å². The molecule has 0 saturated heterocycles. The van der Waals surface area contributed by atoms with Crippen molar-refractivity contribution in [2.75, 3.05) is 0 Å². The molecule has 1 aromatic rings. The molecule has 2 atom stereocenters. The van der Waals surface area contributed by atoms with Crippen molar-refractivity contribution in [1.29, 1.82) is 0 Å². The Labute approximate surface area is 119 Å². The highest BCUT2D eigenvalue weighted by Gasteiger charge is 2.11. The molecule has 0 saturated carbocycles. The van der Waals surface area contributed by atoms with Gasteiger partial charge in [-0.3, -0.25) is 0 Å². The zero-order chi connectivity index (χ0) is 13.4. The second kappa shape index (κ2) is 8.02. The molecule has 2 unspecified atom stereocenters. The Morgan fingerprint density at radius 1 is 1.00 bits per heavy atom. The van der Waals surface area contributed by atoms with Gasteiger partial charge in [-0.15, -0.1) is 0 Å². The first-order valence-electron chi connectivity index (χ1n) is 6.00. The number of isothiocyanates is 2. The minimum Gasteiger partial charge on any atom is -0.224 e. The number of nitrogens with zero attached hydrogens (tertiary/aromatic N) is 2. The molecule has 0 bridgehead atoms. The van der Waals surface area contributed by atoms with Gasteiger partial charge < -0.3 is 0 Å². The smallest absolute Gasteiger partial charge is 0.0849 e. The maximum atomic E-state index is 4.68. The SMILES string of the molecule is CCC(N=C=S)c1cccc(C(CC)N=C=S)c1. The molecule has 0 N–H and O–H groups in total. The summed E-state index contributed by atoms with van der Waals surface area (Å²) in [5, 5.41) is 4.92.